The maximum atomic E-state index is 12.5. The first-order chi connectivity index (χ1) is 21.0. The Bertz CT molecular complexity index is 1290. The van der Waals surface area contributed by atoms with Crippen LogP contribution in [-0.4, -0.2) is 25.0 Å². The van der Waals surface area contributed by atoms with E-state index in [0.29, 0.717) is 23.4 Å². The van der Waals surface area contributed by atoms with Crippen molar-refractivity contribution in [1.82, 2.24) is 10.9 Å². The third-order valence-electron chi connectivity index (χ3n) is 7.01. The number of carbonyl (C=O) groups excluding carboxylic acids is 2. The number of azo groups is 1. The van der Waals surface area contributed by atoms with Crippen molar-refractivity contribution in [2.75, 3.05) is 13.2 Å². The molecule has 3 aromatic carbocycles. The Morgan fingerprint density at radius 1 is 0.605 bits per heavy atom. The van der Waals surface area contributed by atoms with Gasteiger partial charge in [-0.05, 0) is 92.1 Å². The van der Waals surface area contributed by atoms with Crippen molar-refractivity contribution in [2.24, 2.45) is 10.2 Å². The second-order valence-corrected chi connectivity index (χ2v) is 10.7. The molecule has 2 N–H and O–H groups in total. The number of carbonyl (C=O) groups is 2. The van der Waals surface area contributed by atoms with Crippen LogP contribution in [0.2, 0.25) is 0 Å². The van der Waals surface area contributed by atoms with Gasteiger partial charge in [0.2, 0.25) is 0 Å². The number of nitrogens with one attached hydrogen (secondary N) is 2. The van der Waals surface area contributed by atoms with Gasteiger partial charge >= 0.3 is 0 Å². The molecule has 8 nitrogen and oxygen atoms in total. The lowest BCUT2D eigenvalue weighted by Gasteiger charge is -2.09. The summed E-state index contributed by atoms with van der Waals surface area (Å²) in [6, 6.07) is 19.3. The van der Waals surface area contributed by atoms with Crippen LogP contribution in [-0.2, 0) is 0 Å². The highest BCUT2D eigenvalue weighted by Crippen LogP contribution is 2.26. The minimum Gasteiger partial charge on any atom is -0.494 e. The topological polar surface area (TPSA) is 101 Å². The van der Waals surface area contributed by atoms with Gasteiger partial charge in [0, 0.05) is 11.1 Å². The molecule has 0 atom stereocenters. The number of nitrogens with zero attached hydrogens (tertiary/aromatic N) is 2. The van der Waals surface area contributed by atoms with E-state index >= 15 is 0 Å². The molecule has 0 heterocycles. The molecule has 43 heavy (non-hydrogen) atoms. The molecule has 0 fully saturated rings. The van der Waals surface area contributed by atoms with Gasteiger partial charge in [-0.25, -0.2) is 0 Å². The molecule has 0 aliphatic heterocycles. The van der Waals surface area contributed by atoms with E-state index in [4.69, 9.17) is 9.47 Å². The highest BCUT2D eigenvalue weighted by molar-refractivity contribution is 5.99. The van der Waals surface area contributed by atoms with Gasteiger partial charge in [-0.2, -0.15) is 10.2 Å². The molecule has 0 aliphatic carbocycles. The van der Waals surface area contributed by atoms with Crippen LogP contribution in [0.15, 0.2) is 77.0 Å². The number of hydrazine groups is 1. The zero-order valence-corrected chi connectivity index (χ0v) is 25.9. The first kappa shape index (κ1) is 33.3. The predicted molar refractivity (Wildman–Crippen MR) is 172 cm³/mol. The van der Waals surface area contributed by atoms with Gasteiger partial charge in [0.05, 0.1) is 24.6 Å². The molecule has 3 rings (SSSR count). The summed E-state index contributed by atoms with van der Waals surface area (Å²) in [5.74, 6) is 0.710. The fourth-order valence-electron chi connectivity index (χ4n) is 4.37. The summed E-state index contributed by atoms with van der Waals surface area (Å²) in [5.41, 5.74) is 8.04. The van der Waals surface area contributed by atoms with Crippen molar-refractivity contribution >= 4 is 23.2 Å². The molecule has 0 radical (unpaired) electrons. The second-order valence-electron chi connectivity index (χ2n) is 10.7. The molecular formula is C35H46N4O4. The summed E-state index contributed by atoms with van der Waals surface area (Å²) in [4.78, 5) is 25.0. The summed E-state index contributed by atoms with van der Waals surface area (Å²) in [7, 11) is 0. The fourth-order valence-corrected chi connectivity index (χ4v) is 4.37. The van der Waals surface area contributed by atoms with Crippen LogP contribution >= 0.6 is 0 Å². The average molecular weight is 587 g/mol. The van der Waals surface area contributed by atoms with Crippen molar-refractivity contribution in [3.05, 3.63) is 83.4 Å². The standard InChI is InChI=1S/C35H46N4O4/c1-4-6-8-10-12-24-42-31-20-16-29(17-21-31)35(41)39-38-34(40)28-14-18-30(19-15-28)36-37-33-23-22-32(26-27(33)3)43-25-13-11-9-7-5-2/h14-23,26H,4-13,24-25H2,1-3H3,(H,38,40)(H,39,41). The molecule has 0 aliphatic rings. The zero-order valence-electron chi connectivity index (χ0n) is 25.9. The molecule has 0 spiro atoms. The monoisotopic (exact) mass is 586 g/mol. The van der Waals surface area contributed by atoms with Crippen LogP contribution in [0.1, 0.15) is 104 Å². The summed E-state index contributed by atoms with van der Waals surface area (Å²) >= 11 is 0. The molecule has 2 amide bonds. The third-order valence-corrected chi connectivity index (χ3v) is 7.01. The highest BCUT2D eigenvalue weighted by atomic mass is 16.5. The van der Waals surface area contributed by atoms with Crippen LogP contribution in [0.5, 0.6) is 11.5 Å². The molecular weight excluding hydrogens is 540 g/mol. The summed E-state index contributed by atoms with van der Waals surface area (Å²) in [5, 5.41) is 8.66. The quantitative estimate of drug-likeness (QED) is 0.0881. The Labute approximate surface area is 256 Å². The van der Waals surface area contributed by atoms with E-state index in [2.05, 4.69) is 34.9 Å². The molecule has 8 heteroatoms. The molecule has 0 saturated heterocycles. The van der Waals surface area contributed by atoms with E-state index in [0.717, 1.165) is 48.6 Å². The van der Waals surface area contributed by atoms with E-state index in [1.165, 1.54) is 44.9 Å². The maximum Gasteiger partial charge on any atom is 0.269 e. The highest BCUT2D eigenvalue weighted by Gasteiger charge is 2.10. The lowest BCUT2D eigenvalue weighted by atomic mass is 10.1. The Balaban J connectivity index is 1.41. The van der Waals surface area contributed by atoms with Crippen LogP contribution in [0.3, 0.4) is 0 Å². The molecule has 0 saturated carbocycles. The number of aryl methyl sites for hydroxylation is 1. The Kier molecular flexibility index (Phi) is 14.8. The van der Waals surface area contributed by atoms with Gasteiger partial charge in [-0.3, -0.25) is 20.4 Å². The van der Waals surface area contributed by atoms with Crippen molar-refractivity contribution in [2.45, 2.75) is 85.0 Å². The SMILES string of the molecule is CCCCCCCOc1ccc(C(=O)NNC(=O)c2ccc(N=Nc3ccc(OCCCCCCC)cc3C)cc2)cc1. The number of amides is 2. The molecule has 3 aromatic rings. The Morgan fingerprint density at radius 3 is 1.63 bits per heavy atom. The lowest BCUT2D eigenvalue weighted by Crippen LogP contribution is -2.41. The number of rotatable bonds is 18. The number of unbranched alkanes of at least 4 members (excludes halogenated alkanes) is 8. The predicted octanol–water partition coefficient (Wildman–Crippen LogP) is 9.18. The van der Waals surface area contributed by atoms with Crippen LogP contribution < -0.4 is 20.3 Å². The minimum absolute atomic E-state index is 0.384. The van der Waals surface area contributed by atoms with Crippen molar-refractivity contribution in [1.29, 1.82) is 0 Å². The van der Waals surface area contributed by atoms with Crippen molar-refractivity contribution in [3.8, 4) is 11.5 Å². The molecule has 230 valence electrons. The lowest BCUT2D eigenvalue weighted by molar-refractivity contribution is 0.0846. The third kappa shape index (κ3) is 12.3. The van der Waals surface area contributed by atoms with Gasteiger partial charge in [-0.1, -0.05) is 65.2 Å². The average Bonchev–Trinajstić information content (AvgIpc) is 3.03. The van der Waals surface area contributed by atoms with E-state index < -0.39 is 11.8 Å². The van der Waals surface area contributed by atoms with Crippen LogP contribution in [0.25, 0.3) is 0 Å². The van der Waals surface area contributed by atoms with Gasteiger partial charge in [0.25, 0.3) is 11.8 Å². The summed E-state index contributed by atoms with van der Waals surface area (Å²) in [6.45, 7) is 7.76. The first-order valence-electron chi connectivity index (χ1n) is 15.6. The zero-order chi connectivity index (χ0) is 30.7. The van der Waals surface area contributed by atoms with Gasteiger partial charge in [0.15, 0.2) is 0 Å². The number of hydrogen-bond donors (Lipinski definition) is 2. The van der Waals surface area contributed by atoms with Crippen molar-refractivity contribution in [3.63, 3.8) is 0 Å². The number of ether oxygens (including phenoxy) is 2. The summed E-state index contributed by atoms with van der Waals surface area (Å²) in [6.07, 6.45) is 11.9. The molecule has 0 aromatic heterocycles. The van der Waals surface area contributed by atoms with E-state index in [1.807, 2.05) is 25.1 Å². The van der Waals surface area contributed by atoms with Gasteiger partial charge < -0.3 is 9.47 Å². The van der Waals surface area contributed by atoms with E-state index in [9.17, 15) is 9.59 Å². The fraction of sp³-hybridized carbons (Fsp3) is 0.429. The molecule has 0 bridgehead atoms. The van der Waals surface area contributed by atoms with E-state index in [1.54, 1.807) is 48.5 Å². The van der Waals surface area contributed by atoms with Crippen LogP contribution in [0.4, 0.5) is 11.4 Å². The van der Waals surface area contributed by atoms with Gasteiger partial charge in [0.1, 0.15) is 11.5 Å². The maximum absolute atomic E-state index is 12.5. The minimum atomic E-state index is -0.434. The Hall–Kier alpha value is -4.20. The normalized spacial score (nSPS) is 11.0. The first-order valence-corrected chi connectivity index (χ1v) is 15.6. The van der Waals surface area contributed by atoms with Crippen molar-refractivity contribution < 1.29 is 19.1 Å². The summed E-state index contributed by atoms with van der Waals surface area (Å²) < 4.78 is 11.6. The Morgan fingerprint density at radius 2 is 1.09 bits per heavy atom. The largest absolute Gasteiger partial charge is 0.494 e. The smallest absolute Gasteiger partial charge is 0.269 e. The number of hydrogen-bond acceptors (Lipinski definition) is 6. The second kappa shape index (κ2) is 19.1. The van der Waals surface area contributed by atoms with Gasteiger partial charge in [-0.15, -0.1) is 0 Å². The van der Waals surface area contributed by atoms with E-state index in [-0.39, 0.29) is 0 Å². The van der Waals surface area contributed by atoms with Crippen LogP contribution in [0, 0.1) is 6.92 Å². The molecule has 0 unspecified atom stereocenters. The number of benzene rings is 3.